The molecule has 2 rings (SSSR count). The van der Waals surface area contributed by atoms with Crippen molar-refractivity contribution < 1.29 is 14.3 Å². The number of carbonyl (C=O) groups excluding carboxylic acids is 2. The molecule has 6 nitrogen and oxygen atoms in total. The average molecular weight is 341 g/mol. The molecule has 0 aromatic heterocycles. The quantitative estimate of drug-likeness (QED) is 0.642. The van der Waals surface area contributed by atoms with Crippen molar-refractivity contribution in [1.82, 2.24) is 16.0 Å². The normalized spacial score (nSPS) is 9.96. The van der Waals surface area contributed by atoms with E-state index in [0.717, 1.165) is 11.3 Å². The number of rotatable bonds is 8. The molecule has 0 atom stereocenters. The second kappa shape index (κ2) is 9.97. The van der Waals surface area contributed by atoms with Crippen LogP contribution in [0.1, 0.15) is 15.9 Å². The zero-order valence-electron chi connectivity index (χ0n) is 14.2. The first-order valence-electron chi connectivity index (χ1n) is 8.17. The molecule has 0 aliphatic carbocycles. The maximum absolute atomic E-state index is 11.8. The van der Waals surface area contributed by atoms with E-state index in [1.165, 1.54) is 0 Å². The van der Waals surface area contributed by atoms with Gasteiger partial charge in [-0.3, -0.25) is 4.79 Å². The summed E-state index contributed by atoms with van der Waals surface area (Å²) < 4.78 is 5.27. The van der Waals surface area contributed by atoms with Gasteiger partial charge < -0.3 is 20.7 Å². The number of ether oxygens (including phenoxy) is 1. The summed E-state index contributed by atoms with van der Waals surface area (Å²) >= 11 is 0. The summed E-state index contributed by atoms with van der Waals surface area (Å²) in [6.45, 7) is 1.23. The van der Waals surface area contributed by atoms with Gasteiger partial charge in [0.15, 0.2) is 0 Å². The van der Waals surface area contributed by atoms with Crippen LogP contribution in [0.3, 0.4) is 0 Å². The first-order chi connectivity index (χ1) is 12.2. The van der Waals surface area contributed by atoms with Gasteiger partial charge in [0.05, 0.1) is 7.11 Å². The van der Waals surface area contributed by atoms with Crippen molar-refractivity contribution in [2.45, 2.75) is 6.42 Å². The van der Waals surface area contributed by atoms with Gasteiger partial charge in [0, 0.05) is 25.2 Å². The number of carbonyl (C=O) groups is 2. The van der Waals surface area contributed by atoms with Gasteiger partial charge in [-0.25, -0.2) is 4.79 Å². The van der Waals surface area contributed by atoms with Gasteiger partial charge in [0.25, 0.3) is 5.91 Å². The number of benzene rings is 2. The first-order valence-corrected chi connectivity index (χ1v) is 8.17. The lowest BCUT2D eigenvalue weighted by atomic mass is 10.1. The van der Waals surface area contributed by atoms with E-state index in [4.69, 9.17) is 4.74 Å². The molecular weight excluding hydrogens is 318 g/mol. The fourth-order valence-electron chi connectivity index (χ4n) is 2.33. The van der Waals surface area contributed by atoms with Crippen LogP contribution in [0.4, 0.5) is 4.79 Å². The standard InChI is InChI=1S/C19H23N3O3/c1-25-17-10-6-5-7-15(17)11-12-21-19(24)22-14-13-20-18(23)16-8-3-2-4-9-16/h2-10H,11-14H2,1H3,(H,20,23)(H2,21,22,24). The van der Waals surface area contributed by atoms with Gasteiger partial charge in [-0.1, -0.05) is 36.4 Å². The van der Waals surface area contributed by atoms with Crippen molar-refractivity contribution in [3.05, 3.63) is 65.7 Å². The highest BCUT2D eigenvalue weighted by atomic mass is 16.5. The second-order valence-electron chi connectivity index (χ2n) is 5.37. The average Bonchev–Trinajstić information content (AvgIpc) is 2.66. The van der Waals surface area contributed by atoms with Crippen LogP contribution < -0.4 is 20.7 Å². The lowest BCUT2D eigenvalue weighted by molar-refractivity contribution is 0.0954. The van der Waals surface area contributed by atoms with Crippen LogP contribution in [0, 0.1) is 0 Å². The Balaban J connectivity index is 1.60. The smallest absolute Gasteiger partial charge is 0.314 e. The summed E-state index contributed by atoms with van der Waals surface area (Å²) in [5.41, 5.74) is 1.64. The van der Waals surface area contributed by atoms with Crippen molar-refractivity contribution in [1.29, 1.82) is 0 Å². The zero-order valence-corrected chi connectivity index (χ0v) is 14.2. The van der Waals surface area contributed by atoms with Crippen molar-refractivity contribution >= 4 is 11.9 Å². The van der Waals surface area contributed by atoms with Crippen molar-refractivity contribution in [3.63, 3.8) is 0 Å². The van der Waals surface area contributed by atoms with Crippen LogP contribution in [0.15, 0.2) is 54.6 Å². The zero-order chi connectivity index (χ0) is 17.9. The molecule has 0 saturated heterocycles. The molecule has 0 saturated carbocycles. The Kier molecular flexibility index (Phi) is 7.31. The molecule has 0 aliphatic heterocycles. The van der Waals surface area contributed by atoms with Gasteiger partial charge in [-0.15, -0.1) is 0 Å². The molecule has 0 fully saturated rings. The van der Waals surface area contributed by atoms with Gasteiger partial charge in [-0.2, -0.15) is 0 Å². The van der Waals surface area contributed by atoms with E-state index in [0.29, 0.717) is 31.6 Å². The Morgan fingerprint density at radius 3 is 2.24 bits per heavy atom. The van der Waals surface area contributed by atoms with Gasteiger partial charge in [0.2, 0.25) is 0 Å². The minimum atomic E-state index is -0.260. The molecular formula is C19H23N3O3. The second-order valence-corrected chi connectivity index (χ2v) is 5.37. The molecule has 0 spiro atoms. The summed E-state index contributed by atoms with van der Waals surface area (Å²) in [7, 11) is 1.63. The van der Waals surface area contributed by atoms with E-state index in [2.05, 4.69) is 16.0 Å². The molecule has 2 aromatic carbocycles. The largest absolute Gasteiger partial charge is 0.496 e. The molecule has 25 heavy (non-hydrogen) atoms. The Morgan fingerprint density at radius 2 is 1.48 bits per heavy atom. The van der Waals surface area contributed by atoms with Crippen molar-refractivity contribution in [2.75, 3.05) is 26.7 Å². The van der Waals surface area contributed by atoms with E-state index >= 15 is 0 Å². The lowest BCUT2D eigenvalue weighted by Gasteiger charge is -2.10. The van der Waals surface area contributed by atoms with Gasteiger partial charge in [-0.05, 0) is 30.2 Å². The Bertz CT molecular complexity index is 689. The third-order valence-corrected chi connectivity index (χ3v) is 3.60. The van der Waals surface area contributed by atoms with Crippen LogP contribution in [-0.4, -0.2) is 38.7 Å². The van der Waals surface area contributed by atoms with E-state index in [1.54, 1.807) is 19.2 Å². The molecule has 0 heterocycles. The summed E-state index contributed by atoms with van der Waals surface area (Å²) in [4.78, 5) is 23.6. The minimum Gasteiger partial charge on any atom is -0.496 e. The third kappa shape index (κ3) is 6.18. The molecule has 3 N–H and O–H groups in total. The van der Waals surface area contributed by atoms with E-state index in [9.17, 15) is 9.59 Å². The maximum Gasteiger partial charge on any atom is 0.314 e. The van der Waals surface area contributed by atoms with E-state index in [-0.39, 0.29) is 11.9 Å². The predicted octanol–water partition coefficient (Wildman–Crippen LogP) is 1.97. The molecule has 0 aliphatic rings. The van der Waals surface area contributed by atoms with Crippen LogP contribution >= 0.6 is 0 Å². The highest BCUT2D eigenvalue weighted by Crippen LogP contribution is 2.17. The number of para-hydroxylation sites is 1. The molecule has 0 radical (unpaired) electrons. The first kappa shape index (κ1) is 18.3. The molecule has 2 aromatic rings. The molecule has 6 heteroatoms. The molecule has 0 unspecified atom stereocenters. The fourth-order valence-corrected chi connectivity index (χ4v) is 2.33. The molecule has 0 bridgehead atoms. The summed E-state index contributed by atoms with van der Waals surface area (Å²) in [6, 6.07) is 16.4. The Hall–Kier alpha value is -3.02. The highest BCUT2D eigenvalue weighted by Gasteiger charge is 2.05. The van der Waals surface area contributed by atoms with E-state index in [1.807, 2.05) is 42.5 Å². The summed E-state index contributed by atoms with van der Waals surface area (Å²) in [5.74, 6) is 0.660. The number of amides is 3. The maximum atomic E-state index is 11.8. The number of hydrogen-bond acceptors (Lipinski definition) is 3. The van der Waals surface area contributed by atoms with Gasteiger partial charge >= 0.3 is 6.03 Å². The number of hydrogen-bond donors (Lipinski definition) is 3. The predicted molar refractivity (Wildman–Crippen MR) is 96.9 cm³/mol. The SMILES string of the molecule is COc1ccccc1CCNC(=O)NCCNC(=O)c1ccccc1. The van der Waals surface area contributed by atoms with Crippen LogP contribution in [-0.2, 0) is 6.42 Å². The van der Waals surface area contributed by atoms with Crippen molar-refractivity contribution in [3.8, 4) is 5.75 Å². The topological polar surface area (TPSA) is 79.5 Å². The number of nitrogens with one attached hydrogen (secondary N) is 3. The lowest BCUT2D eigenvalue weighted by Crippen LogP contribution is -2.40. The van der Waals surface area contributed by atoms with Crippen LogP contribution in [0.5, 0.6) is 5.75 Å². The summed E-state index contributed by atoms with van der Waals surface area (Å²) in [6.07, 6.45) is 0.683. The van der Waals surface area contributed by atoms with Crippen LogP contribution in [0.25, 0.3) is 0 Å². The Labute approximate surface area is 147 Å². The van der Waals surface area contributed by atoms with E-state index < -0.39 is 0 Å². The fraction of sp³-hybridized carbons (Fsp3) is 0.263. The molecule has 3 amide bonds. The Morgan fingerprint density at radius 1 is 0.840 bits per heavy atom. The van der Waals surface area contributed by atoms with Crippen molar-refractivity contribution in [2.24, 2.45) is 0 Å². The van der Waals surface area contributed by atoms with Gasteiger partial charge in [0.1, 0.15) is 5.75 Å². The van der Waals surface area contributed by atoms with Crippen LogP contribution in [0.2, 0.25) is 0 Å². The monoisotopic (exact) mass is 341 g/mol. The molecule has 132 valence electrons. The third-order valence-electron chi connectivity index (χ3n) is 3.60. The summed E-state index contributed by atoms with van der Waals surface area (Å²) in [5, 5.41) is 8.25. The minimum absolute atomic E-state index is 0.154. The number of urea groups is 1. The number of methoxy groups -OCH3 is 1. The highest BCUT2D eigenvalue weighted by molar-refractivity contribution is 5.94.